The number of hydrogen-bond donors (Lipinski definition) is 2. The molecule has 116 valence electrons. The Morgan fingerprint density at radius 1 is 1.52 bits per heavy atom. The van der Waals surface area contributed by atoms with E-state index in [1.54, 1.807) is 0 Å². The van der Waals surface area contributed by atoms with Crippen LogP contribution in [0.5, 0.6) is 5.88 Å². The van der Waals surface area contributed by atoms with Crippen LogP contribution in [0.3, 0.4) is 0 Å². The van der Waals surface area contributed by atoms with Gasteiger partial charge in [-0.05, 0) is 26.2 Å². The van der Waals surface area contributed by atoms with E-state index in [2.05, 4.69) is 15.3 Å². The second kappa shape index (κ2) is 5.94. The number of ether oxygens (including phenoxy) is 2. The normalized spacial score (nSPS) is 27.2. The van der Waals surface area contributed by atoms with E-state index in [0.717, 1.165) is 12.8 Å². The van der Waals surface area contributed by atoms with Gasteiger partial charge in [-0.1, -0.05) is 11.6 Å². The van der Waals surface area contributed by atoms with Crippen molar-refractivity contribution in [1.82, 2.24) is 9.97 Å². The summed E-state index contributed by atoms with van der Waals surface area (Å²) in [7, 11) is 0. The third-order valence-corrected chi connectivity index (χ3v) is 4.80. The summed E-state index contributed by atoms with van der Waals surface area (Å²) in [5, 5.41) is 13.9. The van der Waals surface area contributed by atoms with Crippen LogP contribution < -0.4 is 10.1 Å². The second-order valence-corrected chi connectivity index (χ2v) is 5.98. The standard InChI is InChI=1S/C14H20ClN3O3/c1-2-21-12-9(15)8-16-13(18-12)17-10-7-11(19)14(10)3-5-20-6-4-14/h8,10-11,19H,2-7H2,1H3,(H,16,17,18)/t10-,11-/m1/s1. The maximum absolute atomic E-state index is 10.2. The lowest BCUT2D eigenvalue weighted by molar-refractivity contribution is -0.133. The molecule has 0 radical (unpaired) electrons. The van der Waals surface area contributed by atoms with Crippen LogP contribution in [0.25, 0.3) is 0 Å². The third kappa shape index (κ3) is 2.67. The summed E-state index contributed by atoms with van der Waals surface area (Å²) < 4.78 is 10.8. The van der Waals surface area contributed by atoms with E-state index < -0.39 is 0 Å². The van der Waals surface area contributed by atoms with E-state index in [1.165, 1.54) is 6.20 Å². The van der Waals surface area contributed by atoms with E-state index in [-0.39, 0.29) is 17.6 Å². The molecule has 2 N–H and O–H groups in total. The lowest BCUT2D eigenvalue weighted by Gasteiger charge is -2.55. The first-order valence-electron chi connectivity index (χ1n) is 7.33. The van der Waals surface area contributed by atoms with Gasteiger partial charge in [-0.15, -0.1) is 0 Å². The molecule has 0 aromatic carbocycles. The molecule has 3 rings (SSSR count). The fraction of sp³-hybridized carbons (Fsp3) is 0.714. The average molecular weight is 314 g/mol. The highest BCUT2D eigenvalue weighted by Gasteiger charge is 2.55. The number of aromatic nitrogens is 2. The number of anilines is 1. The fourth-order valence-electron chi connectivity index (χ4n) is 3.22. The molecule has 1 saturated carbocycles. The Morgan fingerprint density at radius 3 is 2.95 bits per heavy atom. The molecule has 1 spiro atoms. The number of nitrogens with one attached hydrogen (secondary N) is 1. The highest BCUT2D eigenvalue weighted by Crippen LogP contribution is 2.50. The zero-order chi connectivity index (χ0) is 14.9. The Kier molecular flexibility index (Phi) is 4.19. The fourth-order valence-corrected chi connectivity index (χ4v) is 3.36. The monoisotopic (exact) mass is 313 g/mol. The minimum absolute atomic E-state index is 0.118. The largest absolute Gasteiger partial charge is 0.477 e. The summed E-state index contributed by atoms with van der Waals surface area (Å²) in [5.41, 5.74) is -0.118. The first kappa shape index (κ1) is 14.8. The van der Waals surface area contributed by atoms with Gasteiger partial charge in [0, 0.05) is 24.7 Å². The first-order valence-corrected chi connectivity index (χ1v) is 7.71. The van der Waals surface area contributed by atoms with Gasteiger partial charge in [0.15, 0.2) is 0 Å². The number of aliphatic hydroxyl groups excluding tert-OH is 1. The van der Waals surface area contributed by atoms with Crippen molar-refractivity contribution < 1.29 is 14.6 Å². The number of nitrogens with zero attached hydrogens (tertiary/aromatic N) is 2. The summed E-state index contributed by atoms with van der Waals surface area (Å²) in [6.07, 6.45) is 3.68. The predicted octanol–water partition coefficient (Wildman–Crippen LogP) is 1.87. The highest BCUT2D eigenvalue weighted by atomic mass is 35.5. The molecule has 21 heavy (non-hydrogen) atoms. The quantitative estimate of drug-likeness (QED) is 0.884. The van der Waals surface area contributed by atoms with E-state index in [9.17, 15) is 5.11 Å². The Bertz CT molecular complexity index is 508. The van der Waals surface area contributed by atoms with E-state index >= 15 is 0 Å². The summed E-state index contributed by atoms with van der Waals surface area (Å²) in [4.78, 5) is 8.50. The summed E-state index contributed by atoms with van der Waals surface area (Å²) in [5.74, 6) is 0.878. The molecule has 2 fully saturated rings. The summed E-state index contributed by atoms with van der Waals surface area (Å²) >= 11 is 5.99. The first-order chi connectivity index (χ1) is 10.2. The van der Waals surface area contributed by atoms with Crippen molar-refractivity contribution >= 4 is 17.5 Å². The Balaban J connectivity index is 1.73. The summed E-state index contributed by atoms with van der Waals surface area (Å²) in [6, 6.07) is 0.159. The van der Waals surface area contributed by atoms with Crippen LogP contribution in [0, 0.1) is 5.41 Å². The van der Waals surface area contributed by atoms with Gasteiger partial charge in [0.1, 0.15) is 5.02 Å². The molecule has 0 bridgehead atoms. The van der Waals surface area contributed by atoms with E-state index in [4.69, 9.17) is 21.1 Å². The molecule has 1 aliphatic heterocycles. The number of halogens is 1. The summed E-state index contributed by atoms with van der Waals surface area (Å²) in [6.45, 7) is 3.77. The van der Waals surface area contributed by atoms with Crippen molar-refractivity contribution in [3.63, 3.8) is 0 Å². The van der Waals surface area contributed by atoms with Crippen LogP contribution in [0.15, 0.2) is 6.20 Å². The maximum atomic E-state index is 10.2. The molecule has 6 nitrogen and oxygen atoms in total. The van der Waals surface area contributed by atoms with Gasteiger partial charge in [-0.2, -0.15) is 4.98 Å². The van der Waals surface area contributed by atoms with Crippen LogP contribution in [-0.2, 0) is 4.74 Å². The smallest absolute Gasteiger partial charge is 0.237 e. The van der Waals surface area contributed by atoms with Gasteiger partial charge in [-0.3, -0.25) is 0 Å². The van der Waals surface area contributed by atoms with E-state index in [0.29, 0.717) is 43.1 Å². The van der Waals surface area contributed by atoms with Crippen molar-refractivity contribution in [3.05, 3.63) is 11.2 Å². The Hall–Kier alpha value is -1.11. The topological polar surface area (TPSA) is 76.5 Å². The van der Waals surface area contributed by atoms with Crippen LogP contribution in [0.4, 0.5) is 5.95 Å². The molecule has 2 heterocycles. The van der Waals surface area contributed by atoms with Crippen molar-refractivity contribution in [2.75, 3.05) is 25.1 Å². The Morgan fingerprint density at radius 2 is 2.29 bits per heavy atom. The second-order valence-electron chi connectivity index (χ2n) is 5.57. The molecule has 0 amide bonds. The maximum Gasteiger partial charge on any atom is 0.237 e. The van der Waals surface area contributed by atoms with Crippen LogP contribution >= 0.6 is 11.6 Å². The molecule has 1 aliphatic carbocycles. The van der Waals surface area contributed by atoms with Crippen molar-refractivity contribution in [2.45, 2.75) is 38.3 Å². The molecule has 0 unspecified atom stereocenters. The predicted molar refractivity (Wildman–Crippen MR) is 78.7 cm³/mol. The number of aliphatic hydroxyl groups is 1. The molecular formula is C14H20ClN3O3. The number of hydrogen-bond acceptors (Lipinski definition) is 6. The van der Waals surface area contributed by atoms with Crippen LogP contribution in [-0.4, -0.2) is 47.0 Å². The molecule has 1 aromatic rings. The van der Waals surface area contributed by atoms with Gasteiger partial charge in [0.2, 0.25) is 11.8 Å². The van der Waals surface area contributed by atoms with Crippen molar-refractivity contribution in [1.29, 1.82) is 0 Å². The minimum atomic E-state index is -0.280. The molecule has 1 aromatic heterocycles. The molecule has 2 atom stereocenters. The van der Waals surface area contributed by atoms with Crippen LogP contribution in [0.2, 0.25) is 5.02 Å². The lowest BCUT2D eigenvalue weighted by Crippen LogP contribution is -2.62. The van der Waals surface area contributed by atoms with E-state index in [1.807, 2.05) is 6.92 Å². The van der Waals surface area contributed by atoms with Crippen molar-refractivity contribution in [3.8, 4) is 5.88 Å². The lowest BCUT2D eigenvalue weighted by atomic mass is 9.58. The zero-order valence-electron chi connectivity index (χ0n) is 12.0. The highest BCUT2D eigenvalue weighted by molar-refractivity contribution is 6.31. The van der Waals surface area contributed by atoms with Crippen molar-refractivity contribution in [2.24, 2.45) is 5.41 Å². The Labute approximate surface area is 128 Å². The molecule has 2 aliphatic rings. The molecular weight excluding hydrogens is 294 g/mol. The molecule has 1 saturated heterocycles. The van der Waals surface area contributed by atoms with Gasteiger partial charge in [0.05, 0.1) is 18.9 Å². The minimum Gasteiger partial charge on any atom is -0.477 e. The van der Waals surface area contributed by atoms with Crippen LogP contribution in [0.1, 0.15) is 26.2 Å². The molecule has 7 heteroatoms. The van der Waals surface area contributed by atoms with Gasteiger partial charge < -0.3 is 19.9 Å². The zero-order valence-corrected chi connectivity index (χ0v) is 12.8. The SMILES string of the molecule is CCOc1nc(N[C@@H]2C[C@@H](O)C23CCOCC3)ncc1Cl. The average Bonchev–Trinajstić information content (AvgIpc) is 2.51. The van der Waals surface area contributed by atoms with Gasteiger partial charge in [-0.25, -0.2) is 4.98 Å². The van der Waals surface area contributed by atoms with Gasteiger partial charge >= 0.3 is 0 Å². The number of rotatable bonds is 4. The third-order valence-electron chi connectivity index (χ3n) is 4.54. The van der Waals surface area contributed by atoms with Gasteiger partial charge in [0.25, 0.3) is 0 Å².